The number of hydrogen-bond acceptors (Lipinski definition) is 1. The second-order valence-corrected chi connectivity index (χ2v) is 2.04. The summed E-state index contributed by atoms with van der Waals surface area (Å²) in [6.07, 6.45) is 0. The first-order valence-corrected chi connectivity index (χ1v) is 2.89. The maximum atomic E-state index is 7.51. The standard InChI is InChI=1S/C7H7BrO/c1-9-7-4-2-3-6(8)5-7/h2-5H,1H3/i1D3,2D,3D,4D,5D. The predicted molar refractivity (Wildman–Crippen MR) is 40.7 cm³/mol. The molecule has 2 heteroatoms. The van der Waals surface area contributed by atoms with Crippen LogP contribution in [0.5, 0.6) is 5.75 Å². The van der Waals surface area contributed by atoms with Crippen molar-refractivity contribution in [3.63, 3.8) is 0 Å². The molecule has 0 unspecified atom stereocenters. The van der Waals surface area contributed by atoms with Crippen molar-refractivity contribution in [1.29, 1.82) is 0 Å². The van der Waals surface area contributed by atoms with Gasteiger partial charge in [0.1, 0.15) is 5.75 Å². The molecule has 0 fully saturated rings. The zero-order valence-electron chi connectivity index (χ0n) is 11.3. The van der Waals surface area contributed by atoms with E-state index in [4.69, 9.17) is 9.60 Å². The van der Waals surface area contributed by atoms with Crippen LogP contribution in [-0.2, 0) is 0 Å². The molecule has 0 amide bonds. The van der Waals surface area contributed by atoms with E-state index in [1.165, 1.54) is 0 Å². The Balaban J connectivity index is 3.40. The Hall–Kier alpha value is -0.500. The van der Waals surface area contributed by atoms with E-state index in [-0.39, 0.29) is 10.5 Å². The molecule has 0 aromatic heterocycles. The van der Waals surface area contributed by atoms with Gasteiger partial charge in [-0.1, -0.05) is 22.0 Å². The number of rotatable bonds is 1. The molecule has 48 valence electrons. The van der Waals surface area contributed by atoms with Gasteiger partial charge in [-0.3, -0.25) is 0 Å². The van der Waals surface area contributed by atoms with Crippen molar-refractivity contribution in [2.75, 3.05) is 7.04 Å². The summed E-state index contributed by atoms with van der Waals surface area (Å²) in [5, 5.41) is 0. The molecule has 1 nitrogen and oxygen atoms in total. The minimum absolute atomic E-state index is 0.0623. The van der Waals surface area contributed by atoms with Crippen LogP contribution in [0.1, 0.15) is 9.60 Å². The molecule has 0 aliphatic rings. The van der Waals surface area contributed by atoms with Crippen molar-refractivity contribution in [3.05, 3.63) is 28.6 Å². The fourth-order valence-electron chi connectivity index (χ4n) is 0.356. The van der Waals surface area contributed by atoms with Crippen molar-refractivity contribution >= 4 is 15.9 Å². The van der Waals surface area contributed by atoms with E-state index >= 15 is 0 Å². The van der Waals surface area contributed by atoms with Crippen LogP contribution in [0.15, 0.2) is 28.6 Å². The Labute approximate surface area is 72.6 Å². The molecule has 1 aromatic rings. The Bertz CT molecular complexity index is 399. The lowest BCUT2D eigenvalue weighted by Crippen LogP contribution is -1.79. The monoisotopic (exact) mass is 193 g/mol. The van der Waals surface area contributed by atoms with Gasteiger partial charge in [0.25, 0.3) is 0 Å². The molecular formula is C7H7BrO. The van der Waals surface area contributed by atoms with Crippen LogP contribution in [0.25, 0.3) is 0 Å². The SMILES string of the molecule is [2H]c1c([2H])c(Br)c([2H])c(OC([2H])([2H])[2H])c1[2H]. The number of benzene rings is 1. The van der Waals surface area contributed by atoms with Crippen molar-refractivity contribution in [2.45, 2.75) is 0 Å². The molecule has 1 rings (SSSR count). The van der Waals surface area contributed by atoms with Crippen molar-refractivity contribution in [1.82, 2.24) is 0 Å². The molecule has 0 aliphatic heterocycles. The van der Waals surface area contributed by atoms with Crippen molar-refractivity contribution in [2.24, 2.45) is 0 Å². The Kier molecular flexibility index (Phi) is 0.636. The molecule has 0 saturated heterocycles. The van der Waals surface area contributed by atoms with Gasteiger partial charge >= 0.3 is 0 Å². The minimum atomic E-state index is -2.79. The highest BCUT2D eigenvalue weighted by Gasteiger charge is 1.88. The average molecular weight is 194 g/mol. The molecular weight excluding hydrogens is 180 g/mol. The van der Waals surface area contributed by atoms with Gasteiger partial charge in [-0.25, -0.2) is 0 Å². The summed E-state index contributed by atoms with van der Waals surface area (Å²) in [5.41, 5.74) is 0. The topological polar surface area (TPSA) is 9.23 Å². The zero-order valence-corrected chi connectivity index (χ0v) is 5.87. The molecule has 9 heavy (non-hydrogen) atoms. The van der Waals surface area contributed by atoms with Crippen LogP contribution in [0.4, 0.5) is 0 Å². The van der Waals surface area contributed by atoms with Crippen molar-refractivity contribution < 1.29 is 14.3 Å². The second-order valence-electron chi connectivity index (χ2n) is 1.25. The van der Waals surface area contributed by atoms with Crippen LogP contribution in [-0.4, -0.2) is 7.04 Å². The maximum Gasteiger partial charge on any atom is 0.119 e. The molecule has 0 atom stereocenters. The fraction of sp³-hybridized carbons (Fsp3) is 0.143. The number of methoxy groups -OCH3 is 1. The third-order valence-electron chi connectivity index (χ3n) is 0.674. The van der Waals surface area contributed by atoms with Crippen LogP contribution >= 0.6 is 15.9 Å². The summed E-state index contributed by atoms with van der Waals surface area (Å²) >= 11 is 2.88. The van der Waals surface area contributed by atoms with Gasteiger partial charge in [-0.15, -0.1) is 0 Å². The summed E-state index contributed by atoms with van der Waals surface area (Å²) in [5.74, 6) is -0.520. The lowest BCUT2D eigenvalue weighted by molar-refractivity contribution is 0.414. The zero-order chi connectivity index (χ0) is 12.7. The maximum absolute atomic E-state index is 7.51. The smallest absolute Gasteiger partial charge is 0.119 e. The minimum Gasteiger partial charge on any atom is -0.497 e. The quantitative estimate of drug-likeness (QED) is 0.667. The normalized spacial score (nSPS) is 21.7. The molecule has 0 spiro atoms. The Morgan fingerprint density at radius 1 is 1.78 bits per heavy atom. The Morgan fingerprint density at radius 3 is 3.44 bits per heavy atom. The first kappa shape index (κ1) is 1.99. The summed E-state index contributed by atoms with van der Waals surface area (Å²) in [4.78, 5) is 0. The number of halogens is 1. The van der Waals surface area contributed by atoms with Gasteiger partial charge in [-0.2, -0.15) is 0 Å². The molecule has 0 aliphatic carbocycles. The lowest BCUT2D eigenvalue weighted by Gasteiger charge is -1.96. The average Bonchev–Trinajstić information content (AvgIpc) is 2.17. The number of ether oxygens (including phenoxy) is 1. The molecule has 1 aromatic carbocycles. The predicted octanol–water partition coefficient (Wildman–Crippen LogP) is 2.46. The summed E-state index contributed by atoms with van der Waals surface area (Å²) in [6.45, 7) is 0. The van der Waals surface area contributed by atoms with Gasteiger partial charge in [-0.05, 0) is 18.1 Å². The van der Waals surface area contributed by atoms with Crippen LogP contribution in [0.3, 0.4) is 0 Å². The van der Waals surface area contributed by atoms with Crippen LogP contribution < -0.4 is 4.74 Å². The summed E-state index contributed by atoms with van der Waals surface area (Å²) < 4.78 is 54.7. The molecule has 0 saturated carbocycles. The van der Waals surface area contributed by atoms with E-state index in [1.807, 2.05) is 0 Å². The van der Waals surface area contributed by atoms with Gasteiger partial charge < -0.3 is 4.74 Å². The highest BCUT2D eigenvalue weighted by atomic mass is 79.9. The highest BCUT2D eigenvalue weighted by Crippen LogP contribution is 2.16. The highest BCUT2D eigenvalue weighted by molar-refractivity contribution is 9.10. The molecule has 0 bridgehead atoms. The molecule has 0 N–H and O–H groups in total. The van der Waals surface area contributed by atoms with Crippen LogP contribution in [0.2, 0.25) is 0 Å². The largest absolute Gasteiger partial charge is 0.497 e. The number of hydrogen-bond donors (Lipinski definition) is 0. The van der Waals surface area contributed by atoms with E-state index in [2.05, 4.69) is 20.7 Å². The van der Waals surface area contributed by atoms with E-state index in [0.29, 0.717) is 0 Å². The third-order valence-corrected chi connectivity index (χ3v) is 1.07. The van der Waals surface area contributed by atoms with E-state index in [1.54, 1.807) is 0 Å². The molecule has 0 heterocycles. The van der Waals surface area contributed by atoms with Gasteiger partial charge in [0.2, 0.25) is 0 Å². The fourth-order valence-corrected chi connectivity index (χ4v) is 0.635. The Morgan fingerprint density at radius 2 is 2.67 bits per heavy atom. The third kappa shape index (κ3) is 1.72. The first-order chi connectivity index (χ1) is 7.15. The molecule has 0 radical (unpaired) electrons. The summed E-state index contributed by atoms with van der Waals surface area (Å²) in [7, 11) is -2.79. The van der Waals surface area contributed by atoms with E-state index in [9.17, 15) is 0 Å². The van der Waals surface area contributed by atoms with Crippen molar-refractivity contribution in [3.8, 4) is 5.75 Å². The first-order valence-electron chi connectivity index (χ1n) is 5.60. The second kappa shape index (κ2) is 2.87. The lowest BCUT2D eigenvalue weighted by atomic mass is 10.3. The van der Waals surface area contributed by atoms with Gasteiger partial charge in [0.05, 0.1) is 16.6 Å². The van der Waals surface area contributed by atoms with Crippen LogP contribution in [0, 0.1) is 0 Å². The van der Waals surface area contributed by atoms with Gasteiger partial charge in [0.15, 0.2) is 0 Å². The van der Waals surface area contributed by atoms with E-state index in [0.717, 1.165) is 0 Å². The van der Waals surface area contributed by atoms with Gasteiger partial charge in [0, 0.05) is 4.47 Å². The van der Waals surface area contributed by atoms with E-state index < -0.39 is 30.9 Å². The summed E-state index contributed by atoms with van der Waals surface area (Å²) in [6, 6.07) is -1.81.